The summed E-state index contributed by atoms with van der Waals surface area (Å²) in [5.74, 6) is 0.374. The summed E-state index contributed by atoms with van der Waals surface area (Å²) in [6.45, 7) is 1.10. The molecule has 0 aliphatic carbocycles. The Morgan fingerprint density at radius 1 is 1.37 bits per heavy atom. The molecule has 2 unspecified atom stereocenters. The van der Waals surface area contributed by atoms with Gasteiger partial charge in [0.2, 0.25) is 0 Å². The Morgan fingerprint density at radius 3 is 2.63 bits per heavy atom. The fourth-order valence-electron chi connectivity index (χ4n) is 1.62. The molecule has 0 saturated carbocycles. The zero-order valence-electron chi connectivity index (χ0n) is 10.6. The van der Waals surface area contributed by atoms with E-state index in [0.29, 0.717) is 16.9 Å². The van der Waals surface area contributed by atoms with Crippen molar-refractivity contribution in [3.05, 3.63) is 29.3 Å². The normalized spacial score (nSPS) is 14.1. The van der Waals surface area contributed by atoms with Crippen LogP contribution in [0.25, 0.3) is 0 Å². The minimum atomic E-state index is -1.11. The summed E-state index contributed by atoms with van der Waals surface area (Å²) in [6.07, 6.45) is -1.83. The SMILES string of the molecule is CC(=O)SCCC(O)C(O)c1ccc(O)c(CO)c1. The second-order valence-corrected chi connectivity index (χ2v) is 5.46. The van der Waals surface area contributed by atoms with E-state index in [1.807, 2.05) is 0 Å². The highest BCUT2D eigenvalue weighted by Crippen LogP contribution is 2.25. The average Bonchev–Trinajstić information content (AvgIpc) is 2.38. The average molecular weight is 286 g/mol. The number of hydrogen-bond acceptors (Lipinski definition) is 6. The van der Waals surface area contributed by atoms with Crippen molar-refractivity contribution in [1.29, 1.82) is 0 Å². The van der Waals surface area contributed by atoms with Crippen LogP contribution in [0.2, 0.25) is 0 Å². The van der Waals surface area contributed by atoms with Crippen LogP contribution in [-0.4, -0.2) is 37.4 Å². The Labute approximate surface area is 115 Å². The second-order valence-electron chi connectivity index (χ2n) is 4.19. The van der Waals surface area contributed by atoms with E-state index >= 15 is 0 Å². The van der Waals surface area contributed by atoms with Crippen LogP contribution in [0.15, 0.2) is 18.2 Å². The molecule has 0 spiro atoms. The maximum absolute atomic E-state index is 10.7. The standard InChI is InChI=1S/C13H18O5S/c1-8(15)19-5-4-12(17)13(18)9-2-3-11(16)10(6-9)7-14/h2-3,6,12-14,16-18H,4-5,7H2,1H3. The molecule has 0 fully saturated rings. The van der Waals surface area contributed by atoms with Crippen molar-refractivity contribution in [3.8, 4) is 5.75 Å². The van der Waals surface area contributed by atoms with Gasteiger partial charge in [-0.1, -0.05) is 17.8 Å². The molecule has 1 rings (SSSR count). The molecule has 0 amide bonds. The molecule has 6 heteroatoms. The number of rotatable bonds is 6. The predicted octanol–water partition coefficient (Wildman–Crippen LogP) is 0.949. The van der Waals surface area contributed by atoms with Gasteiger partial charge in [-0.3, -0.25) is 4.79 Å². The highest BCUT2D eigenvalue weighted by Gasteiger charge is 2.19. The van der Waals surface area contributed by atoms with Crippen LogP contribution < -0.4 is 0 Å². The van der Waals surface area contributed by atoms with Gasteiger partial charge in [0.25, 0.3) is 0 Å². The van der Waals surface area contributed by atoms with Gasteiger partial charge < -0.3 is 20.4 Å². The van der Waals surface area contributed by atoms with Crippen molar-refractivity contribution < 1.29 is 25.2 Å². The lowest BCUT2D eigenvalue weighted by molar-refractivity contribution is -0.109. The van der Waals surface area contributed by atoms with Gasteiger partial charge in [0, 0.05) is 18.2 Å². The molecule has 2 atom stereocenters. The number of carbonyl (C=O) groups excluding carboxylic acids is 1. The zero-order chi connectivity index (χ0) is 14.4. The van der Waals surface area contributed by atoms with Gasteiger partial charge in [0.05, 0.1) is 12.7 Å². The van der Waals surface area contributed by atoms with E-state index in [1.54, 1.807) is 0 Å². The van der Waals surface area contributed by atoms with Gasteiger partial charge in [0.15, 0.2) is 5.12 Å². The van der Waals surface area contributed by atoms with Gasteiger partial charge in [-0.15, -0.1) is 0 Å². The predicted molar refractivity (Wildman–Crippen MR) is 72.8 cm³/mol. The minimum Gasteiger partial charge on any atom is -0.508 e. The summed E-state index contributed by atoms with van der Waals surface area (Å²) in [5.41, 5.74) is 0.712. The zero-order valence-corrected chi connectivity index (χ0v) is 11.4. The van der Waals surface area contributed by atoms with Gasteiger partial charge in [0.1, 0.15) is 11.9 Å². The highest BCUT2D eigenvalue weighted by molar-refractivity contribution is 8.13. The Kier molecular flexibility index (Phi) is 6.30. The third kappa shape index (κ3) is 4.83. The van der Waals surface area contributed by atoms with Gasteiger partial charge in [-0.05, 0) is 24.1 Å². The summed E-state index contributed by atoms with van der Waals surface area (Å²) < 4.78 is 0. The van der Waals surface area contributed by atoms with E-state index < -0.39 is 12.2 Å². The van der Waals surface area contributed by atoms with E-state index in [2.05, 4.69) is 0 Å². The molecular weight excluding hydrogens is 268 g/mol. The van der Waals surface area contributed by atoms with Crippen LogP contribution >= 0.6 is 11.8 Å². The van der Waals surface area contributed by atoms with Crippen LogP contribution in [0, 0.1) is 0 Å². The number of aliphatic hydroxyl groups excluding tert-OH is 3. The Hall–Kier alpha value is -1.08. The molecule has 0 saturated heterocycles. The molecule has 4 N–H and O–H groups in total. The van der Waals surface area contributed by atoms with Gasteiger partial charge in [-0.2, -0.15) is 0 Å². The van der Waals surface area contributed by atoms with Crippen molar-refractivity contribution in [3.63, 3.8) is 0 Å². The first-order valence-corrected chi connectivity index (χ1v) is 6.86. The fourth-order valence-corrected chi connectivity index (χ4v) is 2.27. The first-order chi connectivity index (χ1) is 8.95. The minimum absolute atomic E-state index is 0.0334. The quantitative estimate of drug-likeness (QED) is 0.621. The van der Waals surface area contributed by atoms with Crippen molar-refractivity contribution in [2.75, 3.05) is 5.75 Å². The highest BCUT2D eigenvalue weighted by atomic mass is 32.2. The van der Waals surface area contributed by atoms with Crippen LogP contribution in [0.1, 0.15) is 30.6 Å². The molecule has 1 aromatic carbocycles. The fraction of sp³-hybridized carbons (Fsp3) is 0.462. The molecule has 0 bridgehead atoms. The summed E-state index contributed by atoms with van der Waals surface area (Å²) in [6, 6.07) is 4.29. The molecule has 0 aliphatic heterocycles. The number of carbonyl (C=O) groups is 1. The summed E-state index contributed by atoms with van der Waals surface area (Å²) in [7, 11) is 0. The van der Waals surface area contributed by atoms with Crippen LogP contribution in [0.4, 0.5) is 0 Å². The lowest BCUT2D eigenvalue weighted by Gasteiger charge is -2.18. The van der Waals surface area contributed by atoms with E-state index in [4.69, 9.17) is 5.11 Å². The second kappa shape index (κ2) is 7.49. The van der Waals surface area contributed by atoms with Crippen molar-refractivity contribution >= 4 is 16.9 Å². The van der Waals surface area contributed by atoms with Crippen LogP contribution in [0.3, 0.4) is 0 Å². The third-order valence-corrected chi connectivity index (χ3v) is 3.55. The Morgan fingerprint density at radius 2 is 2.05 bits per heavy atom. The molecule has 1 aromatic rings. The van der Waals surface area contributed by atoms with E-state index in [9.17, 15) is 20.1 Å². The number of aromatic hydroxyl groups is 1. The number of benzene rings is 1. The van der Waals surface area contributed by atoms with Crippen LogP contribution in [-0.2, 0) is 11.4 Å². The molecule has 0 heterocycles. The lowest BCUT2D eigenvalue weighted by atomic mass is 10.0. The van der Waals surface area contributed by atoms with Crippen molar-refractivity contribution in [2.24, 2.45) is 0 Å². The summed E-state index contributed by atoms with van der Waals surface area (Å²) in [4.78, 5) is 10.7. The van der Waals surface area contributed by atoms with Crippen LogP contribution in [0.5, 0.6) is 5.75 Å². The largest absolute Gasteiger partial charge is 0.508 e. The Balaban J connectivity index is 2.65. The number of aliphatic hydroxyl groups is 3. The maximum atomic E-state index is 10.7. The van der Waals surface area contributed by atoms with Gasteiger partial charge in [-0.25, -0.2) is 0 Å². The first kappa shape index (κ1) is 16.0. The van der Waals surface area contributed by atoms with E-state index in [1.165, 1.54) is 25.1 Å². The lowest BCUT2D eigenvalue weighted by Crippen LogP contribution is -2.19. The summed E-state index contributed by atoms with van der Waals surface area (Å²) in [5, 5.41) is 38.2. The molecular formula is C13H18O5S. The molecule has 19 heavy (non-hydrogen) atoms. The molecule has 5 nitrogen and oxygen atoms in total. The molecule has 0 radical (unpaired) electrons. The Bertz CT molecular complexity index is 435. The third-order valence-electron chi connectivity index (χ3n) is 2.70. The summed E-state index contributed by atoms with van der Waals surface area (Å²) >= 11 is 1.09. The first-order valence-electron chi connectivity index (χ1n) is 5.87. The molecule has 0 aliphatic rings. The van der Waals surface area contributed by atoms with E-state index in [0.717, 1.165) is 11.8 Å². The monoisotopic (exact) mass is 286 g/mol. The number of thioether (sulfide) groups is 1. The number of phenols is 1. The molecule has 0 aromatic heterocycles. The topological polar surface area (TPSA) is 98.0 Å². The maximum Gasteiger partial charge on any atom is 0.185 e. The van der Waals surface area contributed by atoms with Crippen molar-refractivity contribution in [1.82, 2.24) is 0 Å². The smallest absolute Gasteiger partial charge is 0.185 e. The molecule has 106 valence electrons. The van der Waals surface area contributed by atoms with E-state index in [-0.39, 0.29) is 23.9 Å². The van der Waals surface area contributed by atoms with Crippen molar-refractivity contribution in [2.45, 2.75) is 32.2 Å². The number of hydrogen-bond donors (Lipinski definition) is 4. The van der Waals surface area contributed by atoms with Gasteiger partial charge >= 0.3 is 0 Å².